The first-order chi connectivity index (χ1) is 7.15. The number of halogens is 1. The molecular weight excluding hydrogens is 222 g/mol. The molecule has 2 N–H and O–H groups in total. The van der Waals surface area contributed by atoms with Crippen LogP contribution in [0.4, 0.5) is 0 Å². The minimum atomic E-state index is -0.936. The zero-order valence-corrected chi connectivity index (χ0v) is 9.00. The number of carbonyl (C=O) groups excluding carboxylic acids is 2. The lowest BCUT2D eigenvalue weighted by Crippen LogP contribution is -2.44. The van der Waals surface area contributed by atoms with Crippen molar-refractivity contribution in [2.24, 2.45) is 0 Å². The molecule has 0 saturated carbocycles. The number of hydrogen-bond donors (Lipinski definition) is 2. The predicted molar refractivity (Wildman–Crippen MR) is 53.5 cm³/mol. The lowest BCUT2D eigenvalue weighted by molar-refractivity contribution is -0.141. The Balaban J connectivity index is 2.27. The van der Waals surface area contributed by atoms with Crippen LogP contribution in [0.25, 0.3) is 0 Å². The third-order valence-corrected chi connectivity index (χ3v) is 2.41. The van der Waals surface area contributed by atoms with Gasteiger partial charge in [0, 0.05) is 12.3 Å². The van der Waals surface area contributed by atoms with Gasteiger partial charge in [-0.15, -0.1) is 11.6 Å². The summed E-state index contributed by atoms with van der Waals surface area (Å²) in [5, 5.41) is 11.7. The molecule has 1 amide bonds. The molecule has 0 bridgehead atoms. The van der Waals surface area contributed by atoms with Crippen LogP contribution in [0, 0.1) is 0 Å². The second-order valence-corrected chi connectivity index (χ2v) is 3.77. The van der Waals surface area contributed by atoms with E-state index in [4.69, 9.17) is 11.6 Å². The van der Waals surface area contributed by atoms with Crippen molar-refractivity contribution in [3.05, 3.63) is 0 Å². The second kappa shape index (κ2) is 5.92. The molecule has 0 aromatic carbocycles. The number of aliphatic hydroxyl groups excluding tert-OH is 1. The minimum absolute atomic E-state index is 0.0501. The molecule has 15 heavy (non-hydrogen) atoms. The molecule has 0 spiro atoms. The molecule has 1 fully saturated rings. The Morgan fingerprint density at radius 1 is 1.60 bits per heavy atom. The number of hydrogen-bond acceptors (Lipinski definition) is 4. The summed E-state index contributed by atoms with van der Waals surface area (Å²) in [6.45, 7) is -0.0501. The molecule has 0 unspecified atom stereocenters. The molecule has 0 aromatic heterocycles. The van der Waals surface area contributed by atoms with Crippen molar-refractivity contribution in [1.82, 2.24) is 5.32 Å². The average molecular weight is 236 g/mol. The van der Waals surface area contributed by atoms with Crippen LogP contribution in [0.3, 0.4) is 0 Å². The summed E-state index contributed by atoms with van der Waals surface area (Å²) in [5.41, 5.74) is 0. The Bertz CT molecular complexity index is 246. The van der Waals surface area contributed by atoms with Gasteiger partial charge in [0.2, 0.25) is 5.91 Å². The van der Waals surface area contributed by atoms with Crippen LogP contribution in [0.5, 0.6) is 0 Å². The molecule has 0 aromatic rings. The molecule has 1 aliphatic heterocycles. The van der Waals surface area contributed by atoms with E-state index >= 15 is 0 Å². The largest absolute Gasteiger partial charge is 0.461 e. The van der Waals surface area contributed by atoms with Gasteiger partial charge >= 0.3 is 5.97 Å². The normalized spacial score (nSPS) is 25.1. The van der Waals surface area contributed by atoms with E-state index in [1.807, 2.05) is 0 Å². The SMILES string of the molecule is O=C(CCCCCl)N[C@H]1C(=O)OC[C@H]1O. The third-order valence-electron chi connectivity index (χ3n) is 2.14. The van der Waals surface area contributed by atoms with Crippen LogP contribution in [0.1, 0.15) is 19.3 Å². The number of cyclic esters (lactones) is 1. The fourth-order valence-electron chi connectivity index (χ4n) is 1.29. The van der Waals surface area contributed by atoms with Crippen LogP contribution in [-0.2, 0) is 14.3 Å². The standard InChI is InChI=1S/C9H14ClNO4/c10-4-2-1-3-7(13)11-8-6(12)5-15-9(8)14/h6,8,12H,1-5H2,(H,11,13)/t6-,8-/m1/s1. The van der Waals surface area contributed by atoms with Gasteiger partial charge < -0.3 is 15.2 Å². The van der Waals surface area contributed by atoms with Crippen molar-refractivity contribution in [1.29, 1.82) is 0 Å². The highest BCUT2D eigenvalue weighted by atomic mass is 35.5. The van der Waals surface area contributed by atoms with Crippen molar-refractivity contribution in [3.8, 4) is 0 Å². The van der Waals surface area contributed by atoms with Crippen molar-refractivity contribution >= 4 is 23.5 Å². The zero-order chi connectivity index (χ0) is 11.3. The molecular formula is C9H14ClNO4. The van der Waals surface area contributed by atoms with E-state index < -0.39 is 18.1 Å². The molecule has 86 valence electrons. The Hall–Kier alpha value is -0.810. The van der Waals surface area contributed by atoms with Crippen molar-refractivity contribution < 1.29 is 19.4 Å². The summed E-state index contributed by atoms with van der Waals surface area (Å²) < 4.78 is 4.58. The Labute approximate surface area is 92.7 Å². The summed E-state index contributed by atoms with van der Waals surface area (Å²) in [5.74, 6) is -0.322. The lowest BCUT2D eigenvalue weighted by atomic mass is 10.2. The lowest BCUT2D eigenvalue weighted by Gasteiger charge is -2.11. The van der Waals surface area contributed by atoms with Crippen molar-refractivity contribution in [2.45, 2.75) is 31.4 Å². The molecule has 1 rings (SSSR count). The van der Waals surface area contributed by atoms with Gasteiger partial charge in [-0.25, -0.2) is 4.79 Å². The van der Waals surface area contributed by atoms with Crippen LogP contribution >= 0.6 is 11.6 Å². The number of ether oxygens (including phenoxy) is 1. The van der Waals surface area contributed by atoms with Gasteiger partial charge in [-0.05, 0) is 12.8 Å². The van der Waals surface area contributed by atoms with Gasteiger partial charge in [-0.3, -0.25) is 4.79 Å². The van der Waals surface area contributed by atoms with E-state index in [1.165, 1.54) is 0 Å². The maximum atomic E-state index is 11.3. The molecule has 1 aliphatic rings. The predicted octanol–water partition coefficient (Wildman–Crippen LogP) is -0.202. The first kappa shape index (κ1) is 12.3. The van der Waals surface area contributed by atoms with Crippen LogP contribution in [-0.4, -0.2) is 41.6 Å². The number of amides is 1. The van der Waals surface area contributed by atoms with E-state index in [0.717, 1.165) is 6.42 Å². The van der Waals surface area contributed by atoms with E-state index in [9.17, 15) is 14.7 Å². The number of nitrogens with one attached hydrogen (secondary N) is 1. The van der Waals surface area contributed by atoms with E-state index in [2.05, 4.69) is 10.1 Å². The summed E-state index contributed by atoms with van der Waals surface area (Å²) >= 11 is 5.46. The van der Waals surface area contributed by atoms with E-state index in [-0.39, 0.29) is 12.5 Å². The average Bonchev–Trinajstić information content (AvgIpc) is 2.50. The summed E-state index contributed by atoms with van der Waals surface area (Å²) in [7, 11) is 0. The quantitative estimate of drug-likeness (QED) is 0.393. The highest BCUT2D eigenvalue weighted by molar-refractivity contribution is 6.17. The minimum Gasteiger partial charge on any atom is -0.461 e. The highest BCUT2D eigenvalue weighted by Crippen LogP contribution is 2.08. The molecule has 5 nitrogen and oxygen atoms in total. The Morgan fingerprint density at radius 2 is 2.33 bits per heavy atom. The second-order valence-electron chi connectivity index (χ2n) is 3.39. The first-order valence-corrected chi connectivity index (χ1v) is 5.38. The molecule has 6 heteroatoms. The molecule has 2 atom stereocenters. The number of carbonyl (C=O) groups is 2. The number of esters is 1. The number of rotatable bonds is 5. The van der Waals surface area contributed by atoms with E-state index in [0.29, 0.717) is 18.7 Å². The monoisotopic (exact) mass is 235 g/mol. The Kier molecular flexibility index (Phi) is 4.84. The van der Waals surface area contributed by atoms with Gasteiger partial charge in [0.15, 0.2) is 6.04 Å². The highest BCUT2D eigenvalue weighted by Gasteiger charge is 2.36. The molecule has 0 radical (unpaired) electrons. The van der Waals surface area contributed by atoms with Crippen molar-refractivity contribution in [3.63, 3.8) is 0 Å². The fourth-order valence-corrected chi connectivity index (χ4v) is 1.48. The smallest absolute Gasteiger partial charge is 0.331 e. The third kappa shape index (κ3) is 3.68. The maximum Gasteiger partial charge on any atom is 0.331 e. The summed E-state index contributed by atoms with van der Waals surface area (Å²) in [6, 6.07) is -0.909. The maximum absolute atomic E-state index is 11.3. The Morgan fingerprint density at radius 3 is 2.87 bits per heavy atom. The summed E-state index contributed by atoms with van der Waals surface area (Å²) in [4.78, 5) is 22.3. The van der Waals surface area contributed by atoms with Gasteiger partial charge in [0.1, 0.15) is 12.7 Å². The van der Waals surface area contributed by atoms with Crippen molar-refractivity contribution in [2.75, 3.05) is 12.5 Å². The first-order valence-electron chi connectivity index (χ1n) is 4.85. The van der Waals surface area contributed by atoms with Gasteiger partial charge in [0.05, 0.1) is 0 Å². The fraction of sp³-hybridized carbons (Fsp3) is 0.778. The topological polar surface area (TPSA) is 75.6 Å². The molecule has 0 aliphatic carbocycles. The molecule has 1 heterocycles. The number of aliphatic hydroxyl groups is 1. The zero-order valence-electron chi connectivity index (χ0n) is 8.24. The molecule has 1 saturated heterocycles. The van der Waals surface area contributed by atoms with Gasteiger partial charge in [-0.2, -0.15) is 0 Å². The van der Waals surface area contributed by atoms with Crippen LogP contribution < -0.4 is 5.32 Å². The van der Waals surface area contributed by atoms with Crippen LogP contribution in [0.2, 0.25) is 0 Å². The van der Waals surface area contributed by atoms with Gasteiger partial charge in [0.25, 0.3) is 0 Å². The van der Waals surface area contributed by atoms with Gasteiger partial charge in [-0.1, -0.05) is 0 Å². The number of unbranched alkanes of at least 4 members (excludes halogenated alkanes) is 1. The van der Waals surface area contributed by atoms with E-state index in [1.54, 1.807) is 0 Å². The summed E-state index contributed by atoms with van der Waals surface area (Å²) in [6.07, 6.45) is 0.803. The number of alkyl halides is 1. The van der Waals surface area contributed by atoms with Crippen LogP contribution in [0.15, 0.2) is 0 Å².